The minimum absolute atomic E-state index is 0.0743. The summed E-state index contributed by atoms with van der Waals surface area (Å²) in [7, 11) is 0. The lowest BCUT2D eigenvalue weighted by Gasteiger charge is -2.19. The van der Waals surface area contributed by atoms with E-state index in [2.05, 4.69) is 43.5 Å². The molecule has 4 nitrogen and oxygen atoms in total. The molecule has 2 unspecified atom stereocenters. The molecule has 0 aromatic carbocycles. The molecule has 0 aliphatic carbocycles. The highest BCUT2D eigenvalue weighted by molar-refractivity contribution is 5.76. The van der Waals surface area contributed by atoms with Crippen molar-refractivity contribution in [3.05, 3.63) is 36.5 Å². The molecule has 0 saturated heterocycles. The fourth-order valence-corrected chi connectivity index (χ4v) is 8.44. The summed E-state index contributed by atoms with van der Waals surface area (Å²) in [5.74, 6) is -0.0743. The number of nitrogens with one attached hydrogen (secondary N) is 1. The average Bonchev–Trinajstić information content (AvgIpc) is 3.25. The summed E-state index contributed by atoms with van der Waals surface area (Å²) in [5, 5.41) is 22.8. The Kier molecular flexibility index (Phi) is 50.8. The summed E-state index contributed by atoms with van der Waals surface area (Å²) >= 11 is 0. The van der Waals surface area contributed by atoms with E-state index >= 15 is 0 Å². The van der Waals surface area contributed by atoms with Gasteiger partial charge in [-0.3, -0.25) is 4.79 Å². The normalized spacial score (nSPS) is 13.1. The first kappa shape index (κ1) is 58.6. The largest absolute Gasteiger partial charge is 0.394 e. The Morgan fingerprint density at radius 2 is 0.683 bits per heavy atom. The molecule has 2 atom stereocenters. The van der Waals surface area contributed by atoms with Crippen LogP contribution in [0, 0.1) is 0 Å². The van der Waals surface area contributed by atoms with Gasteiger partial charge >= 0.3 is 0 Å². The Morgan fingerprint density at radius 1 is 0.383 bits per heavy atom. The number of carbonyl (C=O) groups excluding carboxylic acids is 1. The third-order valence-corrected chi connectivity index (χ3v) is 12.6. The number of carbonyl (C=O) groups is 1. The Hall–Kier alpha value is -1.39. The van der Waals surface area contributed by atoms with Crippen LogP contribution in [0.4, 0.5) is 0 Å². The van der Waals surface area contributed by atoms with Gasteiger partial charge in [0.05, 0.1) is 18.8 Å². The van der Waals surface area contributed by atoms with Gasteiger partial charge < -0.3 is 15.5 Å². The fourth-order valence-electron chi connectivity index (χ4n) is 8.44. The fraction of sp³-hybridized carbons (Fsp3) is 0.875. The molecule has 0 saturated carbocycles. The number of unbranched alkanes of at least 4 members (excludes halogenated alkanes) is 39. The second-order valence-electron chi connectivity index (χ2n) is 18.6. The third kappa shape index (κ3) is 47.7. The van der Waals surface area contributed by atoms with Crippen LogP contribution in [0.1, 0.15) is 296 Å². The number of aliphatic hydroxyl groups is 2. The van der Waals surface area contributed by atoms with Gasteiger partial charge in [0, 0.05) is 6.42 Å². The van der Waals surface area contributed by atoms with Crippen molar-refractivity contribution in [3.63, 3.8) is 0 Å². The molecular formula is C56H107NO3. The van der Waals surface area contributed by atoms with Gasteiger partial charge in [0.1, 0.15) is 0 Å². The van der Waals surface area contributed by atoms with Gasteiger partial charge in [-0.2, -0.15) is 0 Å². The van der Waals surface area contributed by atoms with E-state index in [0.29, 0.717) is 6.42 Å². The van der Waals surface area contributed by atoms with Crippen LogP contribution in [0.5, 0.6) is 0 Å². The smallest absolute Gasteiger partial charge is 0.220 e. The molecule has 0 aromatic rings. The molecule has 0 rings (SSSR count). The Bertz CT molecular complexity index is 912. The maximum atomic E-state index is 12.3. The highest BCUT2D eigenvalue weighted by Crippen LogP contribution is 2.17. The number of hydrogen-bond donors (Lipinski definition) is 3. The lowest BCUT2D eigenvalue weighted by atomic mass is 10.0. The number of rotatable bonds is 50. The van der Waals surface area contributed by atoms with E-state index < -0.39 is 12.1 Å². The van der Waals surface area contributed by atoms with Crippen molar-refractivity contribution in [2.45, 2.75) is 309 Å². The highest BCUT2D eigenvalue weighted by atomic mass is 16.3. The molecular weight excluding hydrogens is 735 g/mol. The molecule has 0 aromatic heterocycles. The van der Waals surface area contributed by atoms with Crippen LogP contribution in [-0.4, -0.2) is 34.9 Å². The van der Waals surface area contributed by atoms with Gasteiger partial charge in [0.25, 0.3) is 0 Å². The molecule has 0 fully saturated rings. The van der Waals surface area contributed by atoms with Crippen LogP contribution in [0.15, 0.2) is 36.5 Å². The molecule has 1 amide bonds. The van der Waals surface area contributed by atoms with Crippen LogP contribution < -0.4 is 5.32 Å². The van der Waals surface area contributed by atoms with Crippen LogP contribution in [0.2, 0.25) is 0 Å². The van der Waals surface area contributed by atoms with Crippen molar-refractivity contribution >= 4 is 5.91 Å². The van der Waals surface area contributed by atoms with E-state index in [1.54, 1.807) is 6.08 Å². The van der Waals surface area contributed by atoms with Gasteiger partial charge in [-0.25, -0.2) is 0 Å². The summed E-state index contributed by atoms with van der Waals surface area (Å²) in [5.41, 5.74) is 0. The maximum Gasteiger partial charge on any atom is 0.220 e. The van der Waals surface area contributed by atoms with Crippen molar-refractivity contribution in [1.82, 2.24) is 5.32 Å². The minimum atomic E-state index is -0.856. The van der Waals surface area contributed by atoms with Gasteiger partial charge in [-0.05, 0) is 51.4 Å². The monoisotopic (exact) mass is 842 g/mol. The zero-order valence-electron chi connectivity index (χ0n) is 40.7. The molecule has 0 aliphatic heterocycles. The number of allylic oxidation sites excluding steroid dienone is 5. The zero-order valence-corrected chi connectivity index (χ0v) is 40.7. The van der Waals surface area contributed by atoms with Gasteiger partial charge in [0.15, 0.2) is 0 Å². The highest BCUT2D eigenvalue weighted by Gasteiger charge is 2.18. The lowest BCUT2D eigenvalue weighted by Crippen LogP contribution is -2.45. The summed E-state index contributed by atoms with van der Waals surface area (Å²) in [6, 6.07) is -0.633. The molecule has 0 bridgehead atoms. The first-order valence-electron chi connectivity index (χ1n) is 27.2. The lowest BCUT2D eigenvalue weighted by molar-refractivity contribution is -0.123. The standard InChI is InChI=1S/C56H107NO3/c1-3-5-7-9-11-12-13-14-15-16-17-18-19-20-21-22-23-24-25-26-27-28-29-30-31-32-33-34-35-36-37-38-39-40-41-42-43-44-46-48-50-52-56(60)57-54(53-58)55(59)51-49-47-45-10-8-6-4-2/h8,10,16-17,49,51,54-55,58-59H,3-7,9,11-15,18-48,50,52-53H2,1-2H3,(H,57,60)/b10-8+,17-16-,51-49+. The van der Waals surface area contributed by atoms with Crippen LogP contribution in [0.25, 0.3) is 0 Å². The number of hydrogen-bond acceptors (Lipinski definition) is 3. The van der Waals surface area contributed by atoms with Gasteiger partial charge in [-0.1, -0.05) is 275 Å². The molecule has 354 valence electrons. The van der Waals surface area contributed by atoms with Crippen LogP contribution in [-0.2, 0) is 4.79 Å². The Balaban J connectivity index is 3.29. The maximum absolute atomic E-state index is 12.3. The van der Waals surface area contributed by atoms with Crippen molar-refractivity contribution in [2.75, 3.05) is 6.61 Å². The zero-order chi connectivity index (χ0) is 43.5. The van der Waals surface area contributed by atoms with E-state index in [-0.39, 0.29) is 12.5 Å². The quantitative estimate of drug-likeness (QED) is 0.0422. The van der Waals surface area contributed by atoms with Crippen LogP contribution >= 0.6 is 0 Å². The van der Waals surface area contributed by atoms with Gasteiger partial charge in [0.2, 0.25) is 5.91 Å². The molecule has 60 heavy (non-hydrogen) atoms. The van der Waals surface area contributed by atoms with Crippen molar-refractivity contribution in [1.29, 1.82) is 0 Å². The predicted molar refractivity (Wildman–Crippen MR) is 267 cm³/mol. The average molecular weight is 842 g/mol. The first-order chi connectivity index (χ1) is 29.7. The summed E-state index contributed by atoms with van der Waals surface area (Å²) < 4.78 is 0. The van der Waals surface area contributed by atoms with Gasteiger partial charge in [-0.15, -0.1) is 0 Å². The first-order valence-corrected chi connectivity index (χ1v) is 27.2. The van der Waals surface area contributed by atoms with E-state index in [0.717, 1.165) is 38.5 Å². The topological polar surface area (TPSA) is 69.6 Å². The third-order valence-electron chi connectivity index (χ3n) is 12.6. The number of amides is 1. The van der Waals surface area contributed by atoms with E-state index in [9.17, 15) is 15.0 Å². The molecule has 0 heterocycles. The Labute approximate surface area is 376 Å². The molecule has 4 heteroatoms. The molecule has 0 aliphatic rings. The van der Waals surface area contributed by atoms with Crippen LogP contribution in [0.3, 0.4) is 0 Å². The van der Waals surface area contributed by atoms with Crippen molar-refractivity contribution < 1.29 is 15.0 Å². The molecule has 3 N–H and O–H groups in total. The molecule has 0 spiro atoms. The summed E-state index contributed by atoms with van der Waals surface area (Å²) in [6.45, 7) is 4.21. The van der Waals surface area contributed by atoms with Crippen molar-refractivity contribution in [3.8, 4) is 0 Å². The van der Waals surface area contributed by atoms with E-state index in [4.69, 9.17) is 0 Å². The van der Waals surface area contributed by atoms with Crippen molar-refractivity contribution in [2.24, 2.45) is 0 Å². The van der Waals surface area contributed by atoms with E-state index in [1.807, 2.05) is 6.08 Å². The Morgan fingerprint density at radius 3 is 1.03 bits per heavy atom. The summed E-state index contributed by atoms with van der Waals surface area (Å²) in [4.78, 5) is 12.3. The minimum Gasteiger partial charge on any atom is -0.394 e. The summed E-state index contributed by atoms with van der Waals surface area (Å²) in [6.07, 6.45) is 70.7. The second-order valence-corrected chi connectivity index (χ2v) is 18.6. The second kappa shape index (κ2) is 52.0. The molecule has 0 radical (unpaired) electrons. The number of aliphatic hydroxyl groups excluding tert-OH is 2. The predicted octanol–water partition coefficient (Wildman–Crippen LogP) is 17.7. The SMILES string of the molecule is CCC/C=C/CC/C=C/C(O)C(CO)NC(=O)CCCCCCCCCCCCCCCCCCCCCCCCCCCCCCC/C=C\CCCCCCCCCC. The van der Waals surface area contributed by atoms with E-state index in [1.165, 1.54) is 238 Å².